The fourth-order valence-electron chi connectivity index (χ4n) is 2.73. The number of nitrogens with two attached hydrogens (primary N) is 1. The van der Waals surface area contributed by atoms with Crippen LogP contribution in [0.1, 0.15) is 25.3 Å². The zero-order valence-corrected chi connectivity index (χ0v) is 11.3. The second kappa shape index (κ2) is 5.84. The molecule has 7 nitrogen and oxygen atoms in total. The number of hydrogen-bond donors (Lipinski definition) is 1. The summed E-state index contributed by atoms with van der Waals surface area (Å²) in [4.78, 5) is 16.8. The Kier molecular flexibility index (Phi) is 4.15. The van der Waals surface area contributed by atoms with Gasteiger partial charge in [-0.2, -0.15) is 5.26 Å². The highest BCUT2D eigenvalue weighted by Gasteiger charge is 2.32. The fourth-order valence-corrected chi connectivity index (χ4v) is 2.73. The Labute approximate surface area is 117 Å². The first kappa shape index (κ1) is 14.2. The van der Waals surface area contributed by atoms with E-state index in [1.165, 1.54) is 12.3 Å². The number of pyridine rings is 1. The first-order valence-electron chi connectivity index (χ1n) is 6.59. The van der Waals surface area contributed by atoms with Gasteiger partial charge in [0.15, 0.2) is 0 Å². The van der Waals surface area contributed by atoms with Crippen molar-refractivity contribution in [1.82, 2.24) is 4.98 Å². The van der Waals surface area contributed by atoms with Crippen molar-refractivity contribution in [3.05, 3.63) is 27.9 Å². The van der Waals surface area contributed by atoms with Crippen molar-refractivity contribution >= 4 is 11.5 Å². The van der Waals surface area contributed by atoms with Gasteiger partial charge in [-0.1, -0.05) is 6.92 Å². The Morgan fingerprint density at radius 3 is 3.05 bits per heavy atom. The van der Waals surface area contributed by atoms with Crippen LogP contribution in [0.3, 0.4) is 0 Å². The predicted octanol–water partition coefficient (Wildman–Crippen LogP) is 1.43. The van der Waals surface area contributed by atoms with Crippen LogP contribution in [0.5, 0.6) is 0 Å². The summed E-state index contributed by atoms with van der Waals surface area (Å²) in [6, 6.07) is 3.19. The van der Waals surface area contributed by atoms with Gasteiger partial charge >= 0.3 is 5.69 Å². The molecule has 1 saturated heterocycles. The average Bonchev–Trinajstić information content (AvgIpc) is 2.46. The van der Waals surface area contributed by atoms with Crippen molar-refractivity contribution in [2.45, 2.75) is 25.8 Å². The van der Waals surface area contributed by atoms with E-state index in [1.807, 2.05) is 11.0 Å². The van der Waals surface area contributed by atoms with Crippen LogP contribution < -0.4 is 10.6 Å². The molecule has 7 heteroatoms. The van der Waals surface area contributed by atoms with Crippen molar-refractivity contribution < 1.29 is 4.92 Å². The molecule has 0 bridgehead atoms. The largest absolute Gasteiger partial charge is 0.346 e. The number of nitrogens with zero attached hydrogens (tertiary/aromatic N) is 4. The number of hydrogen-bond acceptors (Lipinski definition) is 6. The summed E-state index contributed by atoms with van der Waals surface area (Å²) in [5.41, 5.74) is 5.87. The molecule has 106 valence electrons. The lowest BCUT2D eigenvalue weighted by molar-refractivity contribution is -0.384. The maximum absolute atomic E-state index is 11.2. The average molecular weight is 275 g/mol. The molecular formula is C13H17N5O2. The zero-order valence-electron chi connectivity index (χ0n) is 11.3. The van der Waals surface area contributed by atoms with E-state index in [9.17, 15) is 10.1 Å². The topological polar surface area (TPSA) is 109 Å². The predicted molar refractivity (Wildman–Crippen MR) is 74.2 cm³/mol. The van der Waals surface area contributed by atoms with Gasteiger partial charge in [0.2, 0.25) is 5.82 Å². The number of nitro groups is 1. The maximum atomic E-state index is 11.2. The van der Waals surface area contributed by atoms with Crippen molar-refractivity contribution in [1.29, 1.82) is 5.26 Å². The molecule has 2 rings (SSSR count). The molecule has 1 fully saturated rings. The first-order chi connectivity index (χ1) is 9.58. The van der Waals surface area contributed by atoms with Gasteiger partial charge in [0.1, 0.15) is 6.07 Å². The second-order valence-corrected chi connectivity index (χ2v) is 5.05. The highest BCUT2D eigenvalue weighted by molar-refractivity contribution is 5.61. The van der Waals surface area contributed by atoms with E-state index in [0.29, 0.717) is 24.8 Å². The first-order valence-corrected chi connectivity index (χ1v) is 6.59. The Hall–Kier alpha value is -2.20. The van der Waals surface area contributed by atoms with Crippen molar-refractivity contribution in [2.75, 3.05) is 18.0 Å². The minimum absolute atomic E-state index is 0.0443. The van der Waals surface area contributed by atoms with Gasteiger partial charge in [0.25, 0.3) is 0 Å². The Balaban J connectivity index is 2.45. The number of anilines is 1. The second-order valence-electron chi connectivity index (χ2n) is 5.05. The van der Waals surface area contributed by atoms with Gasteiger partial charge in [-0.25, -0.2) is 4.98 Å². The van der Waals surface area contributed by atoms with Crippen LogP contribution in [0.4, 0.5) is 11.5 Å². The molecule has 0 aliphatic carbocycles. The normalized spacial score (nSPS) is 22.4. The van der Waals surface area contributed by atoms with Crippen LogP contribution in [-0.2, 0) is 0 Å². The molecule has 2 unspecified atom stereocenters. The number of aromatic nitrogens is 1. The quantitative estimate of drug-likeness (QED) is 0.660. The van der Waals surface area contributed by atoms with E-state index in [2.05, 4.69) is 11.9 Å². The van der Waals surface area contributed by atoms with Crippen LogP contribution in [0.25, 0.3) is 0 Å². The summed E-state index contributed by atoms with van der Waals surface area (Å²) in [6.45, 7) is 3.23. The maximum Gasteiger partial charge on any atom is 0.312 e. The van der Waals surface area contributed by atoms with Crippen LogP contribution in [0.2, 0.25) is 0 Å². The van der Waals surface area contributed by atoms with E-state index in [-0.39, 0.29) is 17.3 Å². The lowest BCUT2D eigenvalue weighted by atomic mass is 9.90. The lowest BCUT2D eigenvalue weighted by Crippen LogP contribution is -2.49. The van der Waals surface area contributed by atoms with Gasteiger partial charge in [0.05, 0.1) is 10.5 Å². The SMILES string of the molecule is CC1CCCN(c2ncc(C#N)cc2[N+](=O)[O-])C1CN. The van der Waals surface area contributed by atoms with Crippen LogP contribution in [-0.4, -0.2) is 29.0 Å². The summed E-state index contributed by atoms with van der Waals surface area (Å²) in [5, 5.41) is 20.0. The van der Waals surface area contributed by atoms with Crippen molar-refractivity contribution in [3.8, 4) is 6.07 Å². The molecule has 2 N–H and O–H groups in total. The monoisotopic (exact) mass is 275 g/mol. The molecule has 0 spiro atoms. The van der Waals surface area contributed by atoms with Crippen LogP contribution >= 0.6 is 0 Å². The summed E-state index contributed by atoms with van der Waals surface area (Å²) >= 11 is 0. The third-order valence-electron chi connectivity index (χ3n) is 3.80. The molecule has 1 aliphatic heterocycles. The van der Waals surface area contributed by atoms with Crippen LogP contribution in [0.15, 0.2) is 12.3 Å². The minimum Gasteiger partial charge on any atom is -0.346 e. The summed E-state index contributed by atoms with van der Waals surface area (Å²) in [6.07, 6.45) is 3.38. The number of nitriles is 1. The fraction of sp³-hybridized carbons (Fsp3) is 0.538. The molecular weight excluding hydrogens is 258 g/mol. The molecule has 0 saturated carbocycles. The molecule has 0 radical (unpaired) electrons. The van der Waals surface area contributed by atoms with Gasteiger partial charge in [0, 0.05) is 31.4 Å². The third-order valence-corrected chi connectivity index (χ3v) is 3.80. The van der Waals surface area contributed by atoms with Gasteiger partial charge in [-0.3, -0.25) is 10.1 Å². The molecule has 20 heavy (non-hydrogen) atoms. The standard InChI is InChI=1S/C13H17N5O2/c1-9-3-2-4-17(12(9)7-15)13-11(18(19)20)5-10(6-14)8-16-13/h5,8-9,12H,2-4,7,15H2,1H3. The minimum atomic E-state index is -0.490. The van der Waals surface area contributed by atoms with E-state index in [0.717, 1.165) is 12.8 Å². The van der Waals surface area contributed by atoms with Crippen LogP contribution in [0, 0.1) is 27.4 Å². The lowest BCUT2D eigenvalue weighted by Gasteiger charge is -2.39. The molecule has 1 aromatic heterocycles. The smallest absolute Gasteiger partial charge is 0.312 e. The van der Waals surface area contributed by atoms with E-state index in [4.69, 9.17) is 11.0 Å². The van der Waals surface area contributed by atoms with E-state index < -0.39 is 4.92 Å². The Morgan fingerprint density at radius 2 is 2.45 bits per heavy atom. The zero-order chi connectivity index (χ0) is 14.7. The van der Waals surface area contributed by atoms with E-state index >= 15 is 0 Å². The van der Waals surface area contributed by atoms with Crippen molar-refractivity contribution in [2.24, 2.45) is 11.7 Å². The molecule has 1 aromatic rings. The summed E-state index contributed by atoms with van der Waals surface area (Å²) < 4.78 is 0. The molecule has 0 aromatic carbocycles. The highest BCUT2D eigenvalue weighted by atomic mass is 16.6. The summed E-state index contributed by atoms with van der Waals surface area (Å²) in [7, 11) is 0. The highest BCUT2D eigenvalue weighted by Crippen LogP contribution is 2.33. The molecule has 1 aliphatic rings. The molecule has 0 amide bonds. The van der Waals surface area contributed by atoms with Gasteiger partial charge in [-0.15, -0.1) is 0 Å². The third kappa shape index (κ3) is 2.56. The van der Waals surface area contributed by atoms with Crippen molar-refractivity contribution in [3.63, 3.8) is 0 Å². The Morgan fingerprint density at radius 1 is 1.70 bits per heavy atom. The van der Waals surface area contributed by atoms with Gasteiger partial charge in [-0.05, 0) is 18.8 Å². The van der Waals surface area contributed by atoms with E-state index in [1.54, 1.807) is 0 Å². The number of rotatable bonds is 3. The summed E-state index contributed by atoms with van der Waals surface area (Å²) in [5.74, 6) is 0.682. The molecule has 2 heterocycles. The number of piperidine rings is 1. The Bertz CT molecular complexity index is 554. The van der Waals surface area contributed by atoms with Gasteiger partial charge < -0.3 is 10.6 Å². The molecule has 2 atom stereocenters.